The van der Waals surface area contributed by atoms with Crippen molar-refractivity contribution in [3.05, 3.63) is 34.7 Å². The number of hydrogen-bond donors (Lipinski definition) is 1. The van der Waals surface area contributed by atoms with E-state index in [2.05, 4.69) is 17.2 Å². The highest BCUT2D eigenvalue weighted by molar-refractivity contribution is 7.15. The molecule has 2 rings (SSSR count). The molecule has 0 aliphatic rings. The second kappa shape index (κ2) is 3.84. The number of nitrogens with zero attached hydrogens (tertiary/aromatic N) is 1. The molecule has 0 saturated heterocycles. The van der Waals surface area contributed by atoms with Crippen LogP contribution in [0.3, 0.4) is 0 Å². The van der Waals surface area contributed by atoms with E-state index in [0.717, 1.165) is 23.0 Å². The molecule has 0 radical (unpaired) electrons. The third-order valence-electron chi connectivity index (χ3n) is 2.03. The fourth-order valence-corrected chi connectivity index (χ4v) is 2.06. The summed E-state index contributed by atoms with van der Waals surface area (Å²) in [4.78, 5) is 5.69. The third-order valence-corrected chi connectivity index (χ3v) is 3.06. The largest absolute Gasteiger partial charge is 0.469 e. The first-order valence-electron chi connectivity index (χ1n) is 4.46. The summed E-state index contributed by atoms with van der Waals surface area (Å²) >= 11 is 1.67. The predicted octanol–water partition coefficient (Wildman–Crippen LogP) is 2.68. The number of furan rings is 1. The molecule has 4 heteroatoms. The molecular weight excluding hydrogens is 196 g/mol. The van der Waals surface area contributed by atoms with Gasteiger partial charge in [-0.15, -0.1) is 11.3 Å². The topological polar surface area (TPSA) is 38.1 Å². The summed E-state index contributed by atoms with van der Waals surface area (Å²) in [5.74, 6) is 0.959. The highest BCUT2D eigenvalue weighted by Crippen LogP contribution is 2.23. The molecule has 74 valence electrons. The van der Waals surface area contributed by atoms with E-state index >= 15 is 0 Å². The van der Waals surface area contributed by atoms with Crippen molar-refractivity contribution in [1.29, 1.82) is 0 Å². The van der Waals surface area contributed by atoms with Gasteiger partial charge < -0.3 is 9.73 Å². The number of thiazole rings is 1. The lowest BCUT2D eigenvalue weighted by Gasteiger charge is -1.93. The first kappa shape index (κ1) is 9.27. The van der Waals surface area contributed by atoms with Crippen LogP contribution in [-0.2, 0) is 6.42 Å². The van der Waals surface area contributed by atoms with E-state index in [1.165, 1.54) is 4.88 Å². The van der Waals surface area contributed by atoms with Gasteiger partial charge in [0.25, 0.3) is 0 Å². The van der Waals surface area contributed by atoms with Crippen LogP contribution in [0.4, 0.5) is 5.13 Å². The van der Waals surface area contributed by atoms with Crippen molar-refractivity contribution in [2.75, 3.05) is 12.4 Å². The molecule has 0 saturated carbocycles. The number of anilines is 1. The van der Waals surface area contributed by atoms with Crippen molar-refractivity contribution in [2.24, 2.45) is 0 Å². The molecule has 0 fully saturated rings. The standard InChI is InChI=1S/C10H12N2OS/c1-7-9(12-10(11-2)14-7)6-8-4-3-5-13-8/h3-5H,6H2,1-2H3,(H,11,12). The van der Waals surface area contributed by atoms with Crippen LogP contribution in [0.5, 0.6) is 0 Å². The van der Waals surface area contributed by atoms with E-state index in [1.54, 1.807) is 17.6 Å². The molecule has 0 aromatic carbocycles. The fraction of sp³-hybridized carbons (Fsp3) is 0.300. The Balaban J connectivity index is 2.20. The second-order valence-electron chi connectivity index (χ2n) is 3.03. The molecule has 2 aromatic heterocycles. The Bertz CT molecular complexity index is 406. The van der Waals surface area contributed by atoms with E-state index in [-0.39, 0.29) is 0 Å². The lowest BCUT2D eigenvalue weighted by atomic mass is 10.2. The maximum Gasteiger partial charge on any atom is 0.182 e. The minimum atomic E-state index is 0.775. The Morgan fingerprint density at radius 2 is 2.43 bits per heavy atom. The van der Waals surface area contributed by atoms with Gasteiger partial charge in [0.1, 0.15) is 5.76 Å². The molecule has 0 aliphatic heterocycles. The zero-order chi connectivity index (χ0) is 9.97. The van der Waals surface area contributed by atoms with Crippen molar-refractivity contribution in [3.63, 3.8) is 0 Å². The summed E-state index contributed by atoms with van der Waals surface area (Å²) in [7, 11) is 1.88. The van der Waals surface area contributed by atoms with Crippen LogP contribution in [0, 0.1) is 6.92 Å². The average molecular weight is 208 g/mol. The molecule has 0 bridgehead atoms. The van der Waals surface area contributed by atoms with E-state index < -0.39 is 0 Å². The zero-order valence-electron chi connectivity index (χ0n) is 8.20. The van der Waals surface area contributed by atoms with Crippen molar-refractivity contribution in [1.82, 2.24) is 4.98 Å². The minimum Gasteiger partial charge on any atom is -0.469 e. The third kappa shape index (κ3) is 1.80. The predicted molar refractivity (Wildman–Crippen MR) is 57.9 cm³/mol. The van der Waals surface area contributed by atoms with Gasteiger partial charge in [0.15, 0.2) is 5.13 Å². The number of hydrogen-bond acceptors (Lipinski definition) is 4. The van der Waals surface area contributed by atoms with Gasteiger partial charge in [-0.05, 0) is 19.1 Å². The molecule has 2 heterocycles. The van der Waals surface area contributed by atoms with E-state index in [9.17, 15) is 0 Å². The van der Waals surface area contributed by atoms with Gasteiger partial charge >= 0.3 is 0 Å². The van der Waals surface area contributed by atoms with Crippen molar-refractivity contribution < 1.29 is 4.42 Å². The monoisotopic (exact) mass is 208 g/mol. The Morgan fingerprint density at radius 1 is 1.57 bits per heavy atom. The van der Waals surface area contributed by atoms with Gasteiger partial charge in [0.2, 0.25) is 0 Å². The summed E-state index contributed by atoms with van der Waals surface area (Å²) in [5, 5.41) is 4.01. The van der Waals surface area contributed by atoms with Gasteiger partial charge in [-0.1, -0.05) is 0 Å². The Hall–Kier alpha value is -1.29. The molecule has 3 nitrogen and oxygen atoms in total. The molecule has 14 heavy (non-hydrogen) atoms. The van der Waals surface area contributed by atoms with Gasteiger partial charge in [0.05, 0.1) is 12.0 Å². The van der Waals surface area contributed by atoms with E-state index in [0.29, 0.717) is 0 Å². The van der Waals surface area contributed by atoms with Gasteiger partial charge in [0, 0.05) is 18.3 Å². The van der Waals surface area contributed by atoms with Crippen molar-refractivity contribution in [3.8, 4) is 0 Å². The number of aryl methyl sites for hydroxylation is 1. The Morgan fingerprint density at radius 3 is 3.00 bits per heavy atom. The zero-order valence-corrected chi connectivity index (χ0v) is 9.02. The molecular formula is C10H12N2OS. The fourth-order valence-electron chi connectivity index (χ4n) is 1.28. The van der Waals surface area contributed by atoms with Crippen LogP contribution in [0.1, 0.15) is 16.3 Å². The summed E-state index contributed by atoms with van der Waals surface area (Å²) in [5.41, 5.74) is 1.09. The Kier molecular flexibility index (Phi) is 2.54. The van der Waals surface area contributed by atoms with Crippen LogP contribution in [0.25, 0.3) is 0 Å². The van der Waals surface area contributed by atoms with Crippen LogP contribution >= 0.6 is 11.3 Å². The molecule has 1 N–H and O–H groups in total. The van der Waals surface area contributed by atoms with Gasteiger partial charge in [-0.3, -0.25) is 0 Å². The summed E-state index contributed by atoms with van der Waals surface area (Å²) in [6.45, 7) is 2.08. The number of rotatable bonds is 3. The summed E-state index contributed by atoms with van der Waals surface area (Å²) in [6.07, 6.45) is 2.47. The SMILES string of the molecule is CNc1nc(Cc2ccco2)c(C)s1. The first-order valence-corrected chi connectivity index (χ1v) is 5.27. The van der Waals surface area contributed by atoms with Crippen LogP contribution in [-0.4, -0.2) is 12.0 Å². The smallest absolute Gasteiger partial charge is 0.182 e. The molecule has 0 aliphatic carbocycles. The van der Waals surface area contributed by atoms with Crippen molar-refractivity contribution in [2.45, 2.75) is 13.3 Å². The van der Waals surface area contributed by atoms with Crippen LogP contribution in [0.15, 0.2) is 22.8 Å². The first-order chi connectivity index (χ1) is 6.79. The summed E-state index contributed by atoms with van der Waals surface area (Å²) in [6, 6.07) is 3.87. The highest BCUT2D eigenvalue weighted by atomic mass is 32.1. The minimum absolute atomic E-state index is 0.775. The maximum atomic E-state index is 5.28. The second-order valence-corrected chi connectivity index (χ2v) is 4.23. The average Bonchev–Trinajstić information content (AvgIpc) is 2.78. The lowest BCUT2D eigenvalue weighted by molar-refractivity contribution is 0.519. The summed E-state index contributed by atoms with van der Waals surface area (Å²) < 4.78 is 5.28. The number of aromatic nitrogens is 1. The lowest BCUT2D eigenvalue weighted by Crippen LogP contribution is -1.90. The quantitative estimate of drug-likeness (QED) is 0.842. The van der Waals surface area contributed by atoms with Crippen LogP contribution < -0.4 is 5.32 Å². The highest BCUT2D eigenvalue weighted by Gasteiger charge is 2.08. The number of nitrogens with one attached hydrogen (secondary N) is 1. The van der Waals surface area contributed by atoms with Crippen LogP contribution in [0.2, 0.25) is 0 Å². The normalized spacial score (nSPS) is 10.4. The molecule has 0 atom stereocenters. The van der Waals surface area contributed by atoms with Crippen molar-refractivity contribution >= 4 is 16.5 Å². The Labute approximate surface area is 86.8 Å². The van der Waals surface area contributed by atoms with E-state index in [1.807, 2.05) is 19.2 Å². The van der Waals surface area contributed by atoms with E-state index in [4.69, 9.17) is 4.42 Å². The molecule has 2 aromatic rings. The van der Waals surface area contributed by atoms with Gasteiger partial charge in [-0.2, -0.15) is 0 Å². The molecule has 0 spiro atoms. The van der Waals surface area contributed by atoms with Gasteiger partial charge in [-0.25, -0.2) is 4.98 Å². The molecule has 0 amide bonds. The maximum absolute atomic E-state index is 5.28. The molecule has 0 unspecified atom stereocenters.